The Morgan fingerprint density at radius 2 is 2.13 bits per heavy atom. The van der Waals surface area contributed by atoms with E-state index in [1.807, 2.05) is 11.8 Å². The first-order valence-electron chi connectivity index (χ1n) is 8.06. The number of nitrogens with zero attached hydrogens (tertiary/aromatic N) is 2. The first-order chi connectivity index (χ1) is 11.0. The summed E-state index contributed by atoms with van der Waals surface area (Å²) in [6.07, 6.45) is 4.55. The minimum Gasteiger partial charge on any atom is -0.352 e. The van der Waals surface area contributed by atoms with E-state index in [-0.39, 0.29) is 10.8 Å². The summed E-state index contributed by atoms with van der Waals surface area (Å²) >= 11 is 0. The van der Waals surface area contributed by atoms with Crippen LogP contribution >= 0.6 is 0 Å². The highest BCUT2D eigenvalue weighted by atomic mass is 32.2. The lowest BCUT2D eigenvalue weighted by Crippen LogP contribution is -2.35. The average molecular weight is 335 g/mol. The van der Waals surface area contributed by atoms with Crippen LogP contribution in [0, 0.1) is 0 Å². The molecule has 0 unspecified atom stereocenters. The van der Waals surface area contributed by atoms with Gasteiger partial charge in [0.05, 0.1) is 5.69 Å². The van der Waals surface area contributed by atoms with Crippen molar-refractivity contribution in [3.63, 3.8) is 0 Å². The van der Waals surface area contributed by atoms with Gasteiger partial charge in [-0.3, -0.25) is 4.79 Å². The topological polar surface area (TPSA) is 78.8 Å². The molecule has 0 bridgehead atoms. The van der Waals surface area contributed by atoms with Crippen molar-refractivity contribution in [2.24, 2.45) is 4.40 Å². The highest BCUT2D eigenvalue weighted by molar-refractivity contribution is 7.90. The molecule has 2 aliphatic rings. The van der Waals surface area contributed by atoms with Crippen molar-refractivity contribution in [3.8, 4) is 0 Å². The summed E-state index contributed by atoms with van der Waals surface area (Å²) < 4.78 is 28.9. The Hall–Kier alpha value is -1.89. The van der Waals surface area contributed by atoms with Crippen LogP contribution in [-0.4, -0.2) is 33.3 Å². The second-order valence-electron chi connectivity index (χ2n) is 5.88. The first kappa shape index (κ1) is 16.0. The number of carbonyl (C=O) groups excluding carboxylic acids is 1. The zero-order chi connectivity index (χ0) is 16.4. The predicted octanol–water partition coefficient (Wildman–Crippen LogP) is 2.31. The fraction of sp³-hybridized carbons (Fsp3) is 0.500. The van der Waals surface area contributed by atoms with E-state index in [0.29, 0.717) is 30.1 Å². The molecule has 0 atom stereocenters. The number of nitrogens with one attached hydrogen (secondary N) is 1. The van der Waals surface area contributed by atoms with E-state index in [2.05, 4.69) is 9.71 Å². The number of amidine groups is 1. The predicted molar refractivity (Wildman–Crippen MR) is 89.5 cm³/mol. The molecule has 6 nitrogen and oxygen atoms in total. The zero-order valence-corrected chi connectivity index (χ0v) is 14.0. The quantitative estimate of drug-likeness (QED) is 0.919. The highest BCUT2D eigenvalue weighted by Crippen LogP contribution is 2.34. The molecule has 0 radical (unpaired) electrons. The molecule has 1 aromatic rings. The number of benzene rings is 1. The zero-order valence-electron chi connectivity index (χ0n) is 13.2. The summed E-state index contributed by atoms with van der Waals surface area (Å²) in [5, 5.41) is 2.77. The molecule has 23 heavy (non-hydrogen) atoms. The molecule has 2 heterocycles. The summed E-state index contributed by atoms with van der Waals surface area (Å²) in [7, 11) is -3.74. The molecule has 1 N–H and O–H groups in total. The van der Waals surface area contributed by atoms with Gasteiger partial charge in [-0.25, -0.2) is 0 Å². The van der Waals surface area contributed by atoms with Crippen molar-refractivity contribution in [2.45, 2.75) is 43.9 Å². The van der Waals surface area contributed by atoms with Crippen LogP contribution < -0.4 is 10.2 Å². The van der Waals surface area contributed by atoms with Crippen molar-refractivity contribution < 1.29 is 13.2 Å². The number of amides is 1. The lowest BCUT2D eigenvalue weighted by Gasteiger charge is -2.29. The molecule has 0 spiro atoms. The molecular weight excluding hydrogens is 314 g/mol. The van der Waals surface area contributed by atoms with Gasteiger partial charge in [0.15, 0.2) is 0 Å². The monoisotopic (exact) mass is 335 g/mol. The molecule has 1 saturated heterocycles. The lowest BCUT2D eigenvalue weighted by molar-refractivity contribution is 0.0953. The van der Waals surface area contributed by atoms with Gasteiger partial charge in [-0.2, -0.15) is 8.42 Å². The Bertz CT molecular complexity index is 756. The Kier molecular flexibility index (Phi) is 4.39. The Morgan fingerprint density at radius 3 is 2.91 bits per heavy atom. The fourth-order valence-electron chi connectivity index (χ4n) is 2.96. The Labute approximate surface area is 136 Å². The summed E-state index contributed by atoms with van der Waals surface area (Å²) in [5.41, 5.74) is 0.998. The third-order valence-electron chi connectivity index (χ3n) is 4.15. The molecule has 2 aliphatic heterocycles. The maximum Gasteiger partial charge on any atom is 0.286 e. The van der Waals surface area contributed by atoms with Gasteiger partial charge in [0, 0.05) is 25.1 Å². The SMILES string of the molecule is CCCNC(=O)c1ccc2c(c1)S(=O)(=O)N=C1CCCCCN12. The van der Waals surface area contributed by atoms with Gasteiger partial charge in [-0.05, 0) is 37.5 Å². The van der Waals surface area contributed by atoms with Crippen molar-refractivity contribution in [1.82, 2.24) is 5.32 Å². The van der Waals surface area contributed by atoms with Crippen LogP contribution in [0.4, 0.5) is 5.69 Å². The van der Waals surface area contributed by atoms with Crippen LogP contribution in [-0.2, 0) is 10.0 Å². The molecule has 0 aromatic heterocycles. The summed E-state index contributed by atoms with van der Waals surface area (Å²) in [6.45, 7) is 3.30. The second-order valence-corrected chi connectivity index (χ2v) is 7.46. The third kappa shape index (κ3) is 3.10. The van der Waals surface area contributed by atoms with Crippen LogP contribution in [0.5, 0.6) is 0 Å². The molecule has 7 heteroatoms. The Morgan fingerprint density at radius 1 is 1.30 bits per heavy atom. The minimum atomic E-state index is -3.74. The third-order valence-corrected chi connectivity index (χ3v) is 5.48. The molecular formula is C16H21N3O3S. The number of rotatable bonds is 3. The molecule has 3 rings (SSSR count). The van der Waals surface area contributed by atoms with Crippen LogP contribution in [0.3, 0.4) is 0 Å². The molecule has 124 valence electrons. The average Bonchev–Trinajstić information content (AvgIpc) is 2.77. The van der Waals surface area contributed by atoms with Crippen LogP contribution in [0.15, 0.2) is 27.5 Å². The van der Waals surface area contributed by atoms with Crippen LogP contribution in [0.1, 0.15) is 49.4 Å². The Balaban J connectivity index is 2.02. The van der Waals surface area contributed by atoms with E-state index in [1.165, 1.54) is 6.07 Å². The van der Waals surface area contributed by atoms with E-state index < -0.39 is 10.0 Å². The van der Waals surface area contributed by atoms with Crippen molar-refractivity contribution in [1.29, 1.82) is 0 Å². The van der Waals surface area contributed by atoms with E-state index in [0.717, 1.165) is 32.2 Å². The van der Waals surface area contributed by atoms with E-state index >= 15 is 0 Å². The summed E-state index contributed by atoms with van der Waals surface area (Å²) in [5.74, 6) is 0.369. The molecule has 0 aliphatic carbocycles. The highest BCUT2D eigenvalue weighted by Gasteiger charge is 2.32. The lowest BCUT2D eigenvalue weighted by atomic mass is 10.1. The van der Waals surface area contributed by atoms with Crippen molar-refractivity contribution in [2.75, 3.05) is 18.0 Å². The number of fused-ring (bicyclic) bond motifs is 3. The van der Waals surface area contributed by atoms with Gasteiger partial charge < -0.3 is 10.2 Å². The van der Waals surface area contributed by atoms with Crippen molar-refractivity contribution >= 4 is 27.5 Å². The normalized spacial score (nSPS) is 19.2. The molecule has 0 saturated carbocycles. The number of sulfonamides is 1. The summed E-state index contributed by atoms with van der Waals surface area (Å²) in [6, 6.07) is 4.86. The van der Waals surface area contributed by atoms with Crippen LogP contribution in [0.2, 0.25) is 0 Å². The largest absolute Gasteiger partial charge is 0.352 e. The van der Waals surface area contributed by atoms with Gasteiger partial charge in [-0.15, -0.1) is 4.40 Å². The molecule has 1 fully saturated rings. The van der Waals surface area contributed by atoms with Gasteiger partial charge in [-0.1, -0.05) is 13.3 Å². The second kappa shape index (κ2) is 6.31. The molecule has 1 amide bonds. The number of hydrogen-bond acceptors (Lipinski definition) is 4. The number of carbonyl (C=O) groups is 1. The summed E-state index contributed by atoms with van der Waals surface area (Å²) in [4.78, 5) is 14.2. The number of anilines is 1. The smallest absolute Gasteiger partial charge is 0.286 e. The van der Waals surface area contributed by atoms with Crippen LogP contribution in [0.25, 0.3) is 0 Å². The molecule has 1 aromatic carbocycles. The van der Waals surface area contributed by atoms with Gasteiger partial charge in [0.1, 0.15) is 10.7 Å². The first-order valence-corrected chi connectivity index (χ1v) is 9.50. The maximum absolute atomic E-state index is 12.5. The van der Waals surface area contributed by atoms with E-state index in [4.69, 9.17) is 0 Å². The van der Waals surface area contributed by atoms with Gasteiger partial charge >= 0.3 is 0 Å². The van der Waals surface area contributed by atoms with Crippen molar-refractivity contribution in [3.05, 3.63) is 23.8 Å². The standard InChI is InChI=1S/C16H21N3O3S/c1-2-9-17-16(20)12-7-8-13-14(11-12)23(21,22)18-15-6-4-3-5-10-19(13)15/h7-8,11H,2-6,9-10H2,1H3,(H,17,20). The minimum absolute atomic E-state index is 0.132. The maximum atomic E-state index is 12.5. The van der Waals surface area contributed by atoms with E-state index in [9.17, 15) is 13.2 Å². The van der Waals surface area contributed by atoms with Gasteiger partial charge in [0.25, 0.3) is 15.9 Å². The number of hydrogen-bond donors (Lipinski definition) is 1. The fourth-order valence-corrected chi connectivity index (χ4v) is 4.25. The van der Waals surface area contributed by atoms with Gasteiger partial charge in [0.2, 0.25) is 0 Å². The van der Waals surface area contributed by atoms with E-state index in [1.54, 1.807) is 12.1 Å².